The van der Waals surface area contributed by atoms with E-state index in [2.05, 4.69) is 4.98 Å². The summed E-state index contributed by atoms with van der Waals surface area (Å²) in [5.74, 6) is 2.31. The molecule has 2 saturated heterocycles. The van der Waals surface area contributed by atoms with Gasteiger partial charge in [-0.15, -0.1) is 0 Å². The first-order valence-electron chi connectivity index (χ1n) is 10.9. The number of hydrogen-bond acceptors (Lipinski definition) is 6. The summed E-state index contributed by atoms with van der Waals surface area (Å²) in [6.45, 7) is 2.10. The van der Waals surface area contributed by atoms with E-state index >= 15 is 0 Å². The lowest BCUT2D eigenvalue weighted by molar-refractivity contribution is -0.131. The fourth-order valence-corrected chi connectivity index (χ4v) is 4.31. The predicted octanol–water partition coefficient (Wildman–Crippen LogP) is 1.83. The van der Waals surface area contributed by atoms with Crippen LogP contribution in [0.1, 0.15) is 48.3 Å². The van der Waals surface area contributed by atoms with E-state index in [-0.39, 0.29) is 23.7 Å². The number of likely N-dealkylation sites (tertiary alicyclic amines) is 2. The molecule has 0 bridgehead atoms. The maximum atomic E-state index is 12.7. The van der Waals surface area contributed by atoms with Crippen molar-refractivity contribution in [3.05, 3.63) is 47.7 Å². The number of pyridine rings is 1. The van der Waals surface area contributed by atoms with Gasteiger partial charge in [0.2, 0.25) is 11.8 Å². The first kappa shape index (κ1) is 21.2. The van der Waals surface area contributed by atoms with Gasteiger partial charge in [0.05, 0.1) is 12.1 Å². The van der Waals surface area contributed by atoms with Crippen molar-refractivity contribution in [2.75, 3.05) is 45.7 Å². The van der Waals surface area contributed by atoms with Crippen LogP contribution in [0.4, 0.5) is 5.82 Å². The zero-order valence-corrected chi connectivity index (χ0v) is 18.5. The molecule has 8 nitrogen and oxygen atoms in total. The van der Waals surface area contributed by atoms with Crippen LogP contribution >= 0.6 is 0 Å². The lowest BCUT2D eigenvalue weighted by Crippen LogP contribution is -2.39. The van der Waals surface area contributed by atoms with Crippen LogP contribution in [-0.2, 0) is 16.0 Å². The van der Waals surface area contributed by atoms with Gasteiger partial charge in [0, 0.05) is 77.0 Å². The number of piperidine rings is 1. The second kappa shape index (κ2) is 8.99. The van der Waals surface area contributed by atoms with Crippen LogP contribution in [0.3, 0.4) is 0 Å². The van der Waals surface area contributed by atoms with Gasteiger partial charge in [0.25, 0.3) is 0 Å². The fourth-order valence-electron chi connectivity index (χ4n) is 4.31. The smallest absolute Gasteiger partial charge is 0.228 e. The van der Waals surface area contributed by atoms with Crippen LogP contribution in [0.2, 0.25) is 0 Å². The summed E-state index contributed by atoms with van der Waals surface area (Å²) >= 11 is 0. The molecule has 2 fully saturated rings. The molecule has 164 valence electrons. The first-order chi connectivity index (χ1) is 14.9. The number of rotatable bonds is 5. The Hall–Kier alpha value is -3.03. The number of amides is 2. The number of nitrogens with zero attached hydrogens (tertiary/aromatic N) is 6. The van der Waals surface area contributed by atoms with Gasteiger partial charge in [0.15, 0.2) is 0 Å². The molecule has 0 saturated carbocycles. The van der Waals surface area contributed by atoms with E-state index in [0.29, 0.717) is 32.5 Å². The highest BCUT2D eigenvalue weighted by molar-refractivity contribution is 5.79. The standard InChI is InChI=1S/C23H30N6O2/c1-27(2)20-14-19(17-12-21(30)28(3)15-17)25-23(26-20)16-7-10-29(11-8-16)22(31)13-18-6-4-5-9-24-18/h4-6,9,14,16-17H,7-8,10-13,15H2,1-3H3. The molecule has 31 heavy (non-hydrogen) atoms. The molecule has 2 aliphatic heterocycles. The van der Waals surface area contributed by atoms with Crippen molar-refractivity contribution < 1.29 is 9.59 Å². The molecule has 1 atom stereocenters. The highest BCUT2D eigenvalue weighted by Gasteiger charge is 2.31. The SMILES string of the molecule is CN1CC(c2cc(N(C)C)nc(C3CCN(C(=O)Cc4ccccn4)CC3)n2)CC1=O. The minimum absolute atomic E-state index is 0.109. The normalized spacial score (nSPS) is 19.7. The molecule has 4 heterocycles. The van der Waals surface area contributed by atoms with Gasteiger partial charge in [-0.1, -0.05) is 6.07 Å². The summed E-state index contributed by atoms with van der Waals surface area (Å²) < 4.78 is 0. The molecule has 0 aliphatic carbocycles. The molecule has 0 N–H and O–H groups in total. The Balaban J connectivity index is 1.45. The monoisotopic (exact) mass is 422 g/mol. The Morgan fingerprint density at radius 1 is 1.16 bits per heavy atom. The van der Waals surface area contributed by atoms with Crippen molar-refractivity contribution in [1.82, 2.24) is 24.8 Å². The van der Waals surface area contributed by atoms with Crippen LogP contribution < -0.4 is 4.90 Å². The Morgan fingerprint density at radius 2 is 1.94 bits per heavy atom. The molecule has 1 unspecified atom stereocenters. The second-order valence-corrected chi connectivity index (χ2v) is 8.73. The van der Waals surface area contributed by atoms with Crippen molar-refractivity contribution in [2.45, 2.75) is 37.5 Å². The summed E-state index contributed by atoms with van der Waals surface area (Å²) in [6, 6.07) is 7.66. The van der Waals surface area contributed by atoms with E-state index in [1.807, 2.05) is 55.2 Å². The van der Waals surface area contributed by atoms with Gasteiger partial charge in [0.1, 0.15) is 11.6 Å². The number of carbonyl (C=O) groups is 2. The lowest BCUT2D eigenvalue weighted by atomic mass is 9.95. The van der Waals surface area contributed by atoms with E-state index in [1.165, 1.54) is 0 Å². The molecule has 2 aliphatic rings. The number of anilines is 1. The van der Waals surface area contributed by atoms with E-state index in [0.717, 1.165) is 35.9 Å². The first-order valence-corrected chi connectivity index (χ1v) is 10.9. The van der Waals surface area contributed by atoms with Gasteiger partial charge >= 0.3 is 0 Å². The third-order valence-corrected chi connectivity index (χ3v) is 6.24. The van der Waals surface area contributed by atoms with Gasteiger partial charge in [-0.25, -0.2) is 9.97 Å². The molecule has 2 aromatic rings. The molecule has 4 rings (SSSR count). The van der Waals surface area contributed by atoms with Crippen molar-refractivity contribution in [3.8, 4) is 0 Å². The Morgan fingerprint density at radius 3 is 2.55 bits per heavy atom. The highest BCUT2D eigenvalue weighted by atomic mass is 16.2. The van der Waals surface area contributed by atoms with Crippen LogP contribution in [0.15, 0.2) is 30.5 Å². The quantitative estimate of drug-likeness (QED) is 0.731. The minimum Gasteiger partial charge on any atom is -0.363 e. The Bertz CT molecular complexity index is 940. The number of aromatic nitrogens is 3. The van der Waals surface area contributed by atoms with Crippen molar-refractivity contribution in [3.63, 3.8) is 0 Å². The maximum Gasteiger partial charge on any atom is 0.228 e. The van der Waals surface area contributed by atoms with Crippen molar-refractivity contribution >= 4 is 17.6 Å². The van der Waals surface area contributed by atoms with E-state index < -0.39 is 0 Å². The summed E-state index contributed by atoms with van der Waals surface area (Å²) in [5.41, 5.74) is 1.75. The number of carbonyl (C=O) groups excluding carboxylic acids is 2. The van der Waals surface area contributed by atoms with Crippen molar-refractivity contribution in [1.29, 1.82) is 0 Å². The second-order valence-electron chi connectivity index (χ2n) is 8.73. The van der Waals surface area contributed by atoms with Crippen molar-refractivity contribution in [2.24, 2.45) is 0 Å². The lowest BCUT2D eigenvalue weighted by Gasteiger charge is -2.32. The summed E-state index contributed by atoms with van der Waals surface area (Å²) in [5, 5.41) is 0. The molecule has 8 heteroatoms. The fraction of sp³-hybridized carbons (Fsp3) is 0.522. The zero-order valence-electron chi connectivity index (χ0n) is 18.5. The number of hydrogen-bond donors (Lipinski definition) is 0. The Kier molecular flexibility index (Phi) is 6.15. The third kappa shape index (κ3) is 4.84. The zero-order chi connectivity index (χ0) is 22.0. The number of likely N-dealkylation sites (N-methyl/N-ethyl adjacent to an activating group) is 1. The third-order valence-electron chi connectivity index (χ3n) is 6.24. The summed E-state index contributed by atoms with van der Waals surface area (Å²) in [6.07, 6.45) is 4.24. The van der Waals surface area contributed by atoms with Crippen LogP contribution in [0, 0.1) is 0 Å². The van der Waals surface area contributed by atoms with Crippen LogP contribution in [0.25, 0.3) is 0 Å². The van der Waals surface area contributed by atoms with Crippen LogP contribution in [0.5, 0.6) is 0 Å². The molecule has 0 radical (unpaired) electrons. The minimum atomic E-state index is 0.109. The molecule has 2 aromatic heterocycles. The average Bonchev–Trinajstić information content (AvgIpc) is 3.12. The Labute approximate surface area is 183 Å². The molecule has 0 spiro atoms. The summed E-state index contributed by atoms with van der Waals surface area (Å²) in [7, 11) is 5.79. The predicted molar refractivity (Wildman–Crippen MR) is 118 cm³/mol. The topological polar surface area (TPSA) is 82.5 Å². The summed E-state index contributed by atoms with van der Waals surface area (Å²) in [4.78, 5) is 44.3. The van der Waals surface area contributed by atoms with Gasteiger partial charge < -0.3 is 14.7 Å². The molecular formula is C23H30N6O2. The van der Waals surface area contributed by atoms with Crippen LogP contribution in [-0.4, -0.2) is 77.3 Å². The molecular weight excluding hydrogens is 392 g/mol. The average molecular weight is 423 g/mol. The maximum absolute atomic E-state index is 12.7. The largest absolute Gasteiger partial charge is 0.363 e. The van der Waals surface area contributed by atoms with Gasteiger partial charge in [-0.3, -0.25) is 14.6 Å². The highest BCUT2D eigenvalue weighted by Crippen LogP contribution is 2.32. The van der Waals surface area contributed by atoms with Gasteiger partial charge in [-0.2, -0.15) is 0 Å². The molecule has 0 aromatic carbocycles. The van der Waals surface area contributed by atoms with Gasteiger partial charge in [-0.05, 0) is 25.0 Å². The van der Waals surface area contributed by atoms with E-state index in [4.69, 9.17) is 9.97 Å². The molecule has 2 amide bonds. The van der Waals surface area contributed by atoms with E-state index in [1.54, 1.807) is 11.1 Å². The van der Waals surface area contributed by atoms with E-state index in [9.17, 15) is 9.59 Å².